The van der Waals surface area contributed by atoms with Gasteiger partial charge in [-0.15, -0.1) is 0 Å². The van der Waals surface area contributed by atoms with Crippen molar-refractivity contribution in [1.29, 1.82) is 0 Å². The number of carbonyl (C=O) groups excluding carboxylic acids is 1. The summed E-state index contributed by atoms with van der Waals surface area (Å²) in [6.07, 6.45) is 0.718. The number of hydrogen-bond acceptors (Lipinski definition) is 2. The van der Waals surface area contributed by atoms with Crippen LogP contribution in [0.4, 0.5) is 0 Å². The summed E-state index contributed by atoms with van der Waals surface area (Å²) in [4.78, 5) is 10.5. The summed E-state index contributed by atoms with van der Waals surface area (Å²) in [5.41, 5.74) is 0. The van der Waals surface area contributed by atoms with Gasteiger partial charge in [-0.3, -0.25) is 4.79 Å². The minimum Gasteiger partial charge on any atom is -0.375 e. The van der Waals surface area contributed by atoms with E-state index < -0.39 is 0 Å². The van der Waals surface area contributed by atoms with E-state index in [9.17, 15) is 4.79 Å². The summed E-state index contributed by atoms with van der Waals surface area (Å²) in [5.74, 6) is -0.0823. The predicted molar refractivity (Wildman–Crippen MR) is 34.9 cm³/mol. The number of ether oxygens (including phenoxy) is 1. The maximum atomic E-state index is 10.5. The first-order chi connectivity index (χ1) is 4.31. The molecular formula is C6H12NO2. The van der Waals surface area contributed by atoms with Gasteiger partial charge in [-0.2, -0.15) is 0 Å². The average Bonchev–Trinajstić information content (AvgIpc) is 1.85. The van der Waals surface area contributed by atoms with E-state index in [1.807, 2.05) is 0 Å². The van der Waals surface area contributed by atoms with Gasteiger partial charge >= 0.3 is 0 Å². The summed E-state index contributed by atoms with van der Waals surface area (Å²) in [6.45, 7) is 4.33. The van der Waals surface area contributed by atoms with Crippen LogP contribution in [0, 0.1) is 6.92 Å². The third-order valence-electron chi connectivity index (χ3n) is 0.774. The van der Waals surface area contributed by atoms with Crippen molar-refractivity contribution in [3.63, 3.8) is 0 Å². The molecule has 0 aliphatic rings. The van der Waals surface area contributed by atoms with Crippen molar-refractivity contribution >= 4 is 5.91 Å². The second-order valence-corrected chi connectivity index (χ2v) is 1.64. The zero-order valence-corrected chi connectivity index (χ0v) is 5.64. The molecule has 3 nitrogen and oxygen atoms in total. The first-order valence-corrected chi connectivity index (χ1v) is 2.86. The molecule has 0 fully saturated rings. The third kappa shape index (κ3) is 5.30. The standard InChI is InChI=1S/C6H12NO2/c1-3-4-7-6(8)5-9-2/h1,3-5H2,2H3,(H,7,8). The van der Waals surface area contributed by atoms with Gasteiger partial charge in [0.05, 0.1) is 0 Å². The molecule has 1 radical (unpaired) electrons. The molecule has 0 rings (SSSR count). The van der Waals surface area contributed by atoms with Crippen LogP contribution in [0.25, 0.3) is 0 Å². The van der Waals surface area contributed by atoms with E-state index in [1.165, 1.54) is 7.11 Å². The number of carbonyl (C=O) groups is 1. The minimum atomic E-state index is -0.0823. The quantitative estimate of drug-likeness (QED) is 0.580. The Balaban J connectivity index is 3.06. The monoisotopic (exact) mass is 130 g/mol. The van der Waals surface area contributed by atoms with Gasteiger partial charge in [0.1, 0.15) is 6.61 Å². The Labute approximate surface area is 55.4 Å². The molecule has 0 aliphatic heterocycles. The lowest BCUT2D eigenvalue weighted by atomic mass is 10.5. The van der Waals surface area contributed by atoms with Crippen LogP contribution < -0.4 is 5.32 Å². The molecule has 1 N–H and O–H groups in total. The Kier molecular flexibility index (Phi) is 5.21. The first kappa shape index (κ1) is 8.43. The van der Waals surface area contributed by atoms with Gasteiger partial charge in [0.2, 0.25) is 5.91 Å². The Morgan fingerprint density at radius 3 is 2.89 bits per heavy atom. The van der Waals surface area contributed by atoms with E-state index in [0.29, 0.717) is 6.54 Å². The van der Waals surface area contributed by atoms with Crippen molar-refractivity contribution in [3.05, 3.63) is 6.92 Å². The van der Waals surface area contributed by atoms with E-state index in [-0.39, 0.29) is 12.5 Å². The maximum Gasteiger partial charge on any atom is 0.245 e. The van der Waals surface area contributed by atoms with Gasteiger partial charge in [0.25, 0.3) is 0 Å². The summed E-state index contributed by atoms with van der Waals surface area (Å²) in [6, 6.07) is 0. The van der Waals surface area contributed by atoms with Crippen molar-refractivity contribution < 1.29 is 9.53 Å². The van der Waals surface area contributed by atoms with E-state index in [4.69, 9.17) is 0 Å². The van der Waals surface area contributed by atoms with Crippen LogP contribution in [-0.2, 0) is 9.53 Å². The summed E-state index contributed by atoms with van der Waals surface area (Å²) >= 11 is 0. The lowest BCUT2D eigenvalue weighted by molar-refractivity contribution is -0.124. The van der Waals surface area contributed by atoms with E-state index >= 15 is 0 Å². The van der Waals surface area contributed by atoms with Crippen LogP contribution in [0.5, 0.6) is 0 Å². The number of amides is 1. The molecule has 53 valence electrons. The predicted octanol–water partition coefficient (Wildman–Crippen LogP) is -0.0268. The van der Waals surface area contributed by atoms with Crippen LogP contribution >= 0.6 is 0 Å². The smallest absolute Gasteiger partial charge is 0.245 e. The largest absolute Gasteiger partial charge is 0.375 e. The lowest BCUT2D eigenvalue weighted by Gasteiger charge is -1.99. The molecule has 0 saturated heterocycles. The highest BCUT2D eigenvalue weighted by Crippen LogP contribution is 1.71. The minimum absolute atomic E-state index is 0.0823. The van der Waals surface area contributed by atoms with Gasteiger partial charge in [-0.05, 0) is 6.42 Å². The number of rotatable bonds is 4. The molecule has 0 spiro atoms. The highest BCUT2D eigenvalue weighted by molar-refractivity contribution is 5.77. The van der Waals surface area contributed by atoms with Crippen LogP contribution in [0.3, 0.4) is 0 Å². The fourth-order valence-electron chi connectivity index (χ4n) is 0.410. The van der Waals surface area contributed by atoms with E-state index in [2.05, 4.69) is 17.0 Å². The zero-order valence-electron chi connectivity index (χ0n) is 5.64. The fourth-order valence-corrected chi connectivity index (χ4v) is 0.410. The molecule has 0 bridgehead atoms. The molecular weight excluding hydrogens is 118 g/mol. The molecule has 9 heavy (non-hydrogen) atoms. The molecule has 0 aromatic carbocycles. The fraction of sp³-hybridized carbons (Fsp3) is 0.667. The molecule has 3 heteroatoms. The molecule has 0 unspecified atom stereocenters. The zero-order chi connectivity index (χ0) is 7.11. The van der Waals surface area contributed by atoms with Crippen LogP contribution in [0.15, 0.2) is 0 Å². The van der Waals surface area contributed by atoms with Crippen molar-refractivity contribution in [1.82, 2.24) is 5.32 Å². The number of methoxy groups -OCH3 is 1. The van der Waals surface area contributed by atoms with Gasteiger partial charge in [-0.1, -0.05) is 6.92 Å². The van der Waals surface area contributed by atoms with Crippen LogP contribution in [0.1, 0.15) is 6.42 Å². The lowest BCUT2D eigenvalue weighted by Crippen LogP contribution is -2.27. The first-order valence-electron chi connectivity index (χ1n) is 2.86. The van der Waals surface area contributed by atoms with Crippen LogP contribution in [0.2, 0.25) is 0 Å². The Hall–Kier alpha value is -0.570. The summed E-state index contributed by atoms with van der Waals surface area (Å²) < 4.78 is 4.57. The Bertz CT molecular complexity index is 83.1. The molecule has 0 heterocycles. The number of nitrogens with one attached hydrogen (secondary N) is 1. The van der Waals surface area contributed by atoms with Gasteiger partial charge in [-0.25, -0.2) is 0 Å². The number of hydrogen-bond donors (Lipinski definition) is 1. The Morgan fingerprint density at radius 1 is 1.78 bits per heavy atom. The van der Waals surface area contributed by atoms with Crippen molar-refractivity contribution in [2.45, 2.75) is 6.42 Å². The third-order valence-corrected chi connectivity index (χ3v) is 0.774. The topological polar surface area (TPSA) is 38.3 Å². The molecule has 0 saturated carbocycles. The molecule has 0 aromatic heterocycles. The van der Waals surface area contributed by atoms with Gasteiger partial charge in [0, 0.05) is 13.7 Å². The average molecular weight is 130 g/mol. The molecule has 1 amide bonds. The second-order valence-electron chi connectivity index (χ2n) is 1.64. The highest BCUT2D eigenvalue weighted by Gasteiger charge is 1.94. The molecule has 0 aromatic rings. The van der Waals surface area contributed by atoms with Crippen LogP contribution in [-0.4, -0.2) is 26.2 Å². The van der Waals surface area contributed by atoms with Crippen molar-refractivity contribution in [2.24, 2.45) is 0 Å². The highest BCUT2D eigenvalue weighted by atomic mass is 16.5. The summed E-state index contributed by atoms with van der Waals surface area (Å²) in [5, 5.41) is 2.61. The SMILES string of the molecule is [CH2]CCNC(=O)COC. The second kappa shape index (κ2) is 5.56. The Morgan fingerprint density at radius 2 is 2.44 bits per heavy atom. The summed E-state index contributed by atoms with van der Waals surface area (Å²) in [7, 11) is 1.49. The normalized spacial score (nSPS) is 9.11. The van der Waals surface area contributed by atoms with E-state index in [0.717, 1.165) is 6.42 Å². The van der Waals surface area contributed by atoms with Gasteiger partial charge < -0.3 is 10.1 Å². The molecule has 0 aliphatic carbocycles. The van der Waals surface area contributed by atoms with Crippen molar-refractivity contribution in [2.75, 3.05) is 20.3 Å². The van der Waals surface area contributed by atoms with Gasteiger partial charge in [0.15, 0.2) is 0 Å². The van der Waals surface area contributed by atoms with E-state index in [1.54, 1.807) is 0 Å². The maximum absolute atomic E-state index is 10.5. The van der Waals surface area contributed by atoms with Crippen molar-refractivity contribution in [3.8, 4) is 0 Å². The molecule has 0 atom stereocenters.